The van der Waals surface area contributed by atoms with Crippen LogP contribution in [0.4, 0.5) is 17.6 Å². The van der Waals surface area contributed by atoms with E-state index in [1.165, 1.54) is 6.07 Å². The number of aliphatic carboxylic acids is 1. The molecule has 34 heavy (non-hydrogen) atoms. The van der Waals surface area contributed by atoms with Crippen LogP contribution in [0, 0.1) is 5.82 Å². The third-order valence-electron chi connectivity index (χ3n) is 5.39. The summed E-state index contributed by atoms with van der Waals surface area (Å²) in [5, 5.41) is 17.5. The van der Waals surface area contributed by atoms with Crippen LogP contribution in [-0.4, -0.2) is 62.6 Å². The van der Waals surface area contributed by atoms with Gasteiger partial charge in [0, 0.05) is 6.54 Å². The summed E-state index contributed by atoms with van der Waals surface area (Å²) in [6, 6.07) is 4.43. The molecule has 2 fully saturated rings. The summed E-state index contributed by atoms with van der Waals surface area (Å²) in [7, 11) is 0. The van der Waals surface area contributed by atoms with Gasteiger partial charge in [0.15, 0.2) is 5.69 Å². The van der Waals surface area contributed by atoms with E-state index in [0.29, 0.717) is 24.6 Å². The number of hydrogen-bond acceptors (Lipinski definition) is 6. The predicted molar refractivity (Wildman–Crippen MR) is 107 cm³/mol. The average molecular weight is 486 g/mol. The number of nitrogens with zero attached hydrogens (tertiary/aromatic N) is 3. The summed E-state index contributed by atoms with van der Waals surface area (Å²) in [4.78, 5) is 35.5. The number of halogens is 4. The normalized spacial score (nSPS) is 17.7. The first-order valence-electron chi connectivity index (χ1n) is 10.5. The average Bonchev–Trinajstić information content (AvgIpc) is 3.30. The number of carboxylic acid groups (broad SMARTS) is 1. The largest absolute Gasteiger partial charge is 0.490 e. The van der Waals surface area contributed by atoms with Crippen molar-refractivity contribution in [1.82, 2.24) is 20.3 Å². The van der Waals surface area contributed by atoms with Crippen LogP contribution in [0.5, 0.6) is 0 Å². The molecule has 1 aromatic heterocycles. The number of nitrogens with one attached hydrogen (secondary N) is 1. The molecule has 1 amide bonds. The minimum Gasteiger partial charge on any atom is -0.475 e. The van der Waals surface area contributed by atoms with E-state index < -0.39 is 35.9 Å². The SMILES string of the molecule is CCOC(=O)c1n[nH]nc1C1CCCN1C(=O)c1ccc(C2CC2)cc1F.O=C(O)C(F)(F)F. The highest BCUT2D eigenvalue weighted by atomic mass is 19.4. The van der Waals surface area contributed by atoms with Crippen molar-refractivity contribution in [3.8, 4) is 0 Å². The van der Waals surface area contributed by atoms with Crippen molar-refractivity contribution >= 4 is 17.8 Å². The Bertz CT molecular complexity index is 1070. The van der Waals surface area contributed by atoms with Crippen LogP contribution in [0.3, 0.4) is 0 Å². The van der Waals surface area contributed by atoms with Crippen molar-refractivity contribution in [3.05, 3.63) is 46.5 Å². The van der Waals surface area contributed by atoms with E-state index in [0.717, 1.165) is 24.8 Å². The quantitative estimate of drug-likeness (QED) is 0.489. The molecule has 9 nitrogen and oxygen atoms in total. The number of amides is 1. The molecule has 13 heteroatoms. The summed E-state index contributed by atoms with van der Waals surface area (Å²) >= 11 is 0. The monoisotopic (exact) mass is 486 g/mol. The van der Waals surface area contributed by atoms with E-state index in [4.69, 9.17) is 14.6 Å². The number of H-pyrrole nitrogens is 1. The summed E-state index contributed by atoms with van der Waals surface area (Å²) in [6.45, 7) is 2.40. The molecule has 0 bridgehead atoms. The minimum atomic E-state index is -5.08. The number of carbonyl (C=O) groups excluding carboxylic acids is 2. The van der Waals surface area contributed by atoms with Crippen molar-refractivity contribution in [1.29, 1.82) is 0 Å². The second kappa shape index (κ2) is 10.2. The molecule has 0 radical (unpaired) electrons. The Morgan fingerprint density at radius 1 is 1.21 bits per heavy atom. The lowest BCUT2D eigenvalue weighted by molar-refractivity contribution is -0.192. The standard InChI is InChI=1S/C19H21FN4O3.C2HF3O2/c1-2-27-19(26)17-16(21-23-22-17)15-4-3-9-24(15)18(25)13-8-7-12(10-14(13)20)11-5-6-11;3-2(4,5)1(6)7/h7-8,10-11,15H,2-6,9H2,1H3,(H,21,22,23);(H,6,7). The van der Waals surface area contributed by atoms with Gasteiger partial charge in [-0.3, -0.25) is 4.79 Å². The van der Waals surface area contributed by atoms with Gasteiger partial charge in [-0.1, -0.05) is 6.07 Å². The zero-order valence-electron chi connectivity index (χ0n) is 18.1. The number of carbonyl (C=O) groups is 3. The van der Waals surface area contributed by atoms with Crippen LogP contribution in [-0.2, 0) is 9.53 Å². The fourth-order valence-corrected chi connectivity index (χ4v) is 3.65. The number of alkyl halides is 3. The number of ether oxygens (including phenoxy) is 1. The highest BCUT2D eigenvalue weighted by Crippen LogP contribution is 2.41. The molecular formula is C21H22F4N4O5. The van der Waals surface area contributed by atoms with Gasteiger partial charge < -0.3 is 14.7 Å². The smallest absolute Gasteiger partial charge is 0.475 e. The number of aromatic nitrogens is 3. The molecule has 1 unspecified atom stereocenters. The van der Waals surface area contributed by atoms with Gasteiger partial charge in [0.1, 0.15) is 11.5 Å². The molecule has 1 aliphatic carbocycles. The van der Waals surface area contributed by atoms with Gasteiger partial charge in [-0.05, 0) is 56.2 Å². The molecule has 2 aromatic rings. The molecule has 4 rings (SSSR count). The fraction of sp³-hybridized carbons (Fsp3) is 0.476. The zero-order valence-corrected chi connectivity index (χ0v) is 18.1. The number of likely N-dealkylation sites (tertiary alicyclic amines) is 1. The lowest BCUT2D eigenvalue weighted by Crippen LogP contribution is -2.32. The fourth-order valence-electron chi connectivity index (χ4n) is 3.65. The molecule has 2 N–H and O–H groups in total. The summed E-state index contributed by atoms with van der Waals surface area (Å²) in [5.74, 6) is -3.81. The van der Waals surface area contributed by atoms with Crippen LogP contribution < -0.4 is 0 Å². The molecule has 2 heterocycles. The zero-order chi connectivity index (χ0) is 25.0. The van der Waals surface area contributed by atoms with Gasteiger partial charge in [-0.15, -0.1) is 5.10 Å². The number of rotatable bonds is 5. The topological polar surface area (TPSA) is 125 Å². The Morgan fingerprint density at radius 2 is 1.88 bits per heavy atom. The summed E-state index contributed by atoms with van der Waals surface area (Å²) in [5.41, 5.74) is 1.44. The molecule has 2 aliphatic rings. The van der Waals surface area contributed by atoms with Gasteiger partial charge in [0.05, 0.1) is 18.2 Å². The lowest BCUT2D eigenvalue weighted by Gasteiger charge is -2.24. The van der Waals surface area contributed by atoms with Gasteiger partial charge in [-0.2, -0.15) is 23.5 Å². The molecule has 1 saturated heterocycles. The van der Waals surface area contributed by atoms with Gasteiger partial charge in [-0.25, -0.2) is 14.0 Å². The van der Waals surface area contributed by atoms with Crippen LogP contribution in [0.25, 0.3) is 0 Å². The van der Waals surface area contributed by atoms with E-state index in [1.807, 2.05) is 6.07 Å². The van der Waals surface area contributed by atoms with E-state index in [2.05, 4.69) is 15.4 Å². The maximum absolute atomic E-state index is 14.6. The first-order valence-corrected chi connectivity index (χ1v) is 10.5. The number of carboxylic acids is 1. The Labute approximate surface area is 191 Å². The van der Waals surface area contributed by atoms with E-state index in [9.17, 15) is 27.2 Å². The van der Waals surface area contributed by atoms with Crippen molar-refractivity contribution in [2.45, 2.75) is 50.7 Å². The van der Waals surface area contributed by atoms with Crippen LogP contribution in [0.2, 0.25) is 0 Å². The molecule has 184 valence electrons. The Kier molecular flexibility index (Phi) is 7.52. The molecular weight excluding hydrogens is 464 g/mol. The Hall–Kier alpha value is -3.51. The molecule has 0 spiro atoms. The molecule has 1 saturated carbocycles. The maximum atomic E-state index is 14.6. The van der Waals surface area contributed by atoms with Crippen LogP contribution in [0.1, 0.15) is 76.7 Å². The van der Waals surface area contributed by atoms with Gasteiger partial charge >= 0.3 is 18.1 Å². The van der Waals surface area contributed by atoms with Crippen LogP contribution >= 0.6 is 0 Å². The highest BCUT2D eigenvalue weighted by molar-refractivity contribution is 5.95. The molecule has 1 aromatic carbocycles. The number of hydrogen-bond donors (Lipinski definition) is 2. The Morgan fingerprint density at radius 3 is 2.44 bits per heavy atom. The van der Waals surface area contributed by atoms with Gasteiger partial charge in [0.25, 0.3) is 5.91 Å². The number of esters is 1. The van der Waals surface area contributed by atoms with Crippen molar-refractivity contribution < 1.29 is 41.8 Å². The van der Waals surface area contributed by atoms with Crippen LogP contribution in [0.15, 0.2) is 18.2 Å². The third kappa shape index (κ3) is 5.69. The second-order valence-electron chi connectivity index (χ2n) is 7.75. The minimum absolute atomic E-state index is 0.0486. The Balaban J connectivity index is 0.000000406. The van der Waals surface area contributed by atoms with Gasteiger partial charge in [0.2, 0.25) is 0 Å². The molecule has 1 aliphatic heterocycles. The van der Waals surface area contributed by atoms with E-state index in [1.54, 1.807) is 17.9 Å². The van der Waals surface area contributed by atoms with Crippen molar-refractivity contribution in [2.75, 3.05) is 13.2 Å². The van der Waals surface area contributed by atoms with Crippen molar-refractivity contribution in [3.63, 3.8) is 0 Å². The predicted octanol–water partition coefficient (Wildman–Crippen LogP) is 3.61. The maximum Gasteiger partial charge on any atom is 0.490 e. The lowest BCUT2D eigenvalue weighted by atomic mass is 10.0. The first-order chi connectivity index (χ1) is 16.0. The van der Waals surface area contributed by atoms with E-state index in [-0.39, 0.29) is 17.9 Å². The first kappa shape index (κ1) is 25.1. The van der Waals surface area contributed by atoms with E-state index >= 15 is 0 Å². The summed E-state index contributed by atoms with van der Waals surface area (Å²) in [6.07, 6.45) is -1.56. The van der Waals surface area contributed by atoms with Crippen molar-refractivity contribution in [2.24, 2.45) is 0 Å². The number of benzene rings is 1. The second-order valence-corrected chi connectivity index (χ2v) is 7.75. The highest BCUT2D eigenvalue weighted by Gasteiger charge is 2.38. The number of aromatic amines is 1. The molecule has 1 atom stereocenters. The third-order valence-corrected chi connectivity index (χ3v) is 5.39. The summed E-state index contributed by atoms with van der Waals surface area (Å²) < 4.78 is 51.3.